The van der Waals surface area contributed by atoms with Crippen LogP contribution in [-0.2, 0) is 4.79 Å². The fourth-order valence-corrected chi connectivity index (χ4v) is 2.96. The van der Waals surface area contributed by atoms with Gasteiger partial charge in [-0.1, -0.05) is 50.5 Å². The molecule has 0 unspecified atom stereocenters. The fourth-order valence-electron chi connectivity index (χ4n) is 2.96. The number of unbranched alkanes of at least 4 members (excludes halogenated alkanes) is 3. The van der Waals surface area contributed by atoms with Crippen molar-refractivity contribution >= 4 is 5.97 Å². The summed E-state index contributed by atoms with van der Waals surface area (Å²) in [5, 5.41) is 18.2. The van der Waals surface area contributed by atoms with Gasteiger partial charge in [-0.05, 0) is 56.4 Å². The highest BCUT2D eigenvalue weighted by atomic mass is 16.4. The van der Waals surface area contributed by atoms with Gasteiger partial charge >= 0.3 is 5.97 Å². The molecule has 0 aromatic rings. The Hall–Kier alpha value is -1.27. The standard InChI is InChI=1S/C20H32O3/c1-2-3-6-13-19(21)14-8-5-4-7-11-17-16-18(17)12-9-10-15-20(22)23/h4-5,17-19,21H,2-3,6-7,9-13,15-16H2,1H3,(H,22,23)/t17-,18-,19+/m1/s1. The van der Waals surface area contributed by atoms with Crippen molar-refractivity contribution in [3.8, 4) is 11.8 Å². The van der Waals surface area contributed by atoms with E-state index < -0.39 is 12.1 Å². The molecule has 0 heterocycles. The predicted octanol–water partition coefficient (Wildman–Crippen LogP) is 4.55. The third-order valence-electron chi connectivity index (χ3n) is 4.52. The van der Waals surface area contributed by atoms with Gasteiger partial charge in [0, 0.05) is 6.42 Å². The summed E-state index contributed by atoms with van der Waals surface area (Å²) in [5.41, 5.74) is 0. The molecule has 0 radical (unpaired) electrons. The maximum absolute atomic E-state index is 10.4. The quantitative estimate of drug-likeness (QED) is 0.410. The van der Waals surface area contributed by atoms with Crippen LogP contribution in [0.5, 0.6) is 0 Å². The smallest absolute Gasteiger partial charge is 0.303 e. The Balaban J connectivity index is 1.98. The Morgan fingerprint density at radius 2 is 2.00 bits per heavy atom. The lowest BCUT2D eigenvalue weighted by atomic mass is 10.1. The van der Waals surface area contributed by atoms with Gasteiger partial charge in [0.15, 0.2) is 0 Å². The Morgan fingerprint density at radius 3 is 2.74 bits per heavy atom. The molecule has 3 atom stereocenters. The molecular weight excluding hydrogens is 288 g/mol. The Kier molecular flexibility index (Phi) is 10.5. The molecule has 1 fully saturated rings. The maximum Gasteiger partial charge on any atom is 0.303 e. The lowest BCUT2D eigenvalue weighted by Gasteiger charge is -2.00. The van der Waals surface area contributed by atoms with Crippen molar-refractivity contribution in [3.05, 3.63) is 12.2 Å². The van der Waals surface area contributed by atoms with Crippen LogP contribution < -0.4 is 0 Å². The maximum atomic E-state index is 10.4. The number of rotatable bonds is 12. The molecule has 0 bridgehead atoms. The van der Waals surface area contributed by atoms with Gasteiger partial charge in [0.25, 0.3) is 0 Å². The van der Waals surface area contributed by atoms with Gasteiger partial charge in [0.05, 0.1) is 0 Å². The second kappa shape index (κ2) is 12.2. The minimum absolute atomic E-state index is 0.309. The lowest BCUT2D eigenvalue weighted by molar-refractivity contribution is -0.137. The highest BCUT2D eigenvalue weighted by Gasteiger charge is 2.34. The van der Waals surface area contributed by atoms with Crippen LogP contribution in [0.4, 0.5) is 0 Å². The Labute approximate surface area is 141 Å². The number of hydrogen-bond donors (Lipinski definition) is 2. The first-order valence-electron chi connectivity index (χ1n) is 9.19. The van der Waals surface area contributed by atoms with Crippen LogP contribution in [0, 0.1) is 23.7 Å². The lowest BCUT2D eigenvalue weighted by Crippen LogP contribution is -2.01. The van der Waals surface area contributed by atoms with E-state index in [1.54, 1.807) is 0 Å². The van der Waals surface area contributed by atoms with E-state index >= 15 is 0 Å². The molecule has 1 aliphatic rings. The minimum Gasteiger partial charge on any atom is -0.481 e. The van der Waals surface area contributed by atoms with E-state index in [1.807, 2.05) is 6.08 Å². The Morgan fingerprint density at radius 1 is 1.22 bits per heavy atom. The predicted molar refractivity (Wildman–Crippen MR) is 94.0 cm³/mol. The van der Waals surface area contributed by atoms with Crippen molar-refractivity contribution in [1.29, 1.82) is 0 Å². The zero-order chi connectivity index (χ0) is 16.9. The topological polar surface area (TPSA) is 57.5 Å². The number of hydrogen-bond acceptors (Lipinski definition) is 2. The summed E-state index contributed by atoms with van der Waals surface area (Å²) in [4.78, 5) is 10.4. The van der Waals surface area contributed by atoms with Crippen molar-refractivity contribution in [2.24, 2.45) is 11.8 Å². The van der Waals surface area contributed by atoms with Crippen LogP contribution in [-0.4, -0.2) is 22.3 Å². The number of aliphatic carboxylic acids is 1. The van der Waals surface area contributed by atoms with Crippen LogP contribution in [0.15, 0.2) is 12.2 Å². The van der Waals surface area contributed by atoms with Gasteiger partial charge < -0.3 is 10.2 Å². The molecule has 3 heteroatoms. The fraction of sp³-hybridized carbons (Fsp3) is 0.750. The summed E-state index contributed by atoms with van der Waals surface area (Å²) in [7, 11) is 0. The molecule has 0 saturated heterocycles. The molecule has 1 rings (SSSR count). The molecule has 3 nitrogen and oxygen atoms in total. The second-order valence-electron chi connectivity index (χ2n) is 6.68. The van der Waals surface area contributed by atoms with Crippen molar-refractivity contribution in [1.82, 2.24) is 0 Å². The van der Waals surface area contributed by atoms with Gasteiger partial charge in [-0.25, -0.2) is 0 Å². The summed E-state index contributed by atoms with van der Waals surface area (Å²) in [5.74, 6) is 6.77. The molecule has 1 aliphatic carbocycles. The van der Waals surface area contributed by atoms with Gasteiger partial charge in [-0.2, -0.15) is 0 Å². The number of aliphatic hydroxyl groups excluding tert-OH is 1. The van der Waals surface area contributed by atoms with E-state index in [4.69, 9.17) is 5.11 Å². The molecule has 2 N–H and O–H groups in total. The normalized spacial score (nSPS) is 21.0. The first-order valence-corrected chi connectivity index (χ1v) is 9.19. The number of aliphatic hydroxyl groups is 1. The van der Waals surface area contributed by atoms with E-state index in [9.17, 15) is 9.90 Å². The largest absolute Gasteiger partial charge is 0.481 e. The first kappa shape index (κ1) is 19.8. The second-order valence-corrected chi connectivity index (χ2v) is 6.68. The van der Waals surface area contributed by atoms with Crippen LogP contribution in [0.3, 0.4) is 0 Å². The minimum atomic E-state index is -0.681. The third kappa shape index (κ3) is 11.0. The van der Waals surface area contributed by atoms with Gasteiger partial charge in [0.2, 0.25) is 0 Å². The summed E-state index contributed by atoms with van der Waals surface area (Å²) in [6.07, 6.45) is 14.6. The average Bonchev–Trinajstić information content (AvgIpc) is 3.26. The van der Waals surface area contributed by atoms with Crippen LogP contribution in [0.1, 0.15) is 77.6 Å². The van der Waals surface area contributed by atoms with E-state index in [1.165, 1.54) is 25.7 Å². The summed E-state index contributed by atoms with van der Waals surface area (Å²) in [6.45, 7) is 2.15. The van der Waals surface area contributed by atoms with Crippen molar-refractivity contribution in [3.63, 3.8) is 0 Å². The molecular formula is C20H32O3. The van der Waals surface area contributed by atoms with E-state index in [2.05, 4.69) is 24.8 Å². The number of carboxylic acid groups (broad SMARTS) is 1. The highest BCUT2D eigenvalue weighted by molar-refractivity contribution is 5.66. The van der Waals surface area contributed by atoms with Gasteiger partial charge in [-0.3, -0.25) is 4.79 Å². The van der Waals surface area contributed by atoms with E-state index in [-0.39, 0.29) is 0 Å². The Bertz CT molecular complexity index is 416. The van der Waals surface area contributed by atoms with Crippen molar-refractivity contribution < 1.29 is 15.0 Å². The SMILES string of the molecule is CCCCC[C@H](O)C#CC=CCC[C@@H]1C[C@H]1CCCCC(=O)O. The summed E-state index contributed by atoms with van der Waals surface area (Å²) < 4.78 is 0. The molecule has 23 heavy (non-hydrogen) atoms. The molecule has 0 aromatic carbocycles. The third-order valence-corrected chi connectivity index (χ3v) is 4.52. The van der Waals surface area contributed by atoms with Crippen molar-refractivity contribution in [2.45, 2.75) is 83.7 Å². The van der Waals surface area contributed by atoms with E-state index in [0.29, 0.717) is 6.42 Å². The molecule has 0 amide bonds. The van der Waals surface area contributed by atoms with Crippen molar-refractivity contribution in [2.75, 3.05) is 0 Å². The number of allylic oxidation sites excluding steroid dienone is 2. The molecule has 0 aromatic heterocycles. The van der Waals surface area contributed by atoms with E-state index in [0.717, 1.165) is 50.4 Å². The molecule has 130 valence electrons. The van der Waals surface area contributed by atoms with Gasteiger partial charge in [0.1, 0.15) is 6.10 Å². The van der Waals surface area contributed by atoms with Gasteiger partial charge in [-0.15, -0.1) is 0 Å². The summed E-state index contributed by atoms with van der Waals surface area (Å²) in [6, 6.07) is 0. The molecule has 1 saturated carbocycles. The van der Waals surface area contributed by atoms with Crippen LogP contribution >= 0.6 is 0 Å². The van der Waals surface area contributed by atoms with Crippen LogP contribution in [0.25, 0.3) is 0 Å². The molecule has 0 spiro atoms. The summed E-state index contributed by atoms with van der Waals surface area (Å²) >= 11 is 0. The zero-order valence-electron chi connectivity index (χ0n) is 14.5. The average molecular weight is 320 g/mol. The number of carboxylic acids is 1. The highest BCUT2D eigenvalue weighted by Crippen LogP contribution is 2.45. The zero-order valence-corrected chi connectivity index (χ0v) is 14.5. The molecule has 0 aliphatic heterocycles. The van der Waals surface area contributed by atoms with Crippen LogP contribution in [0.2, 0.25) is 0 Å². The number of carbonyl (C=O) groups is 1. The monoisotopic (exact) mass is 320 g/mol. The first-order chi connectivity index (χ1) is 11.1.